The molecule has 126 valence electrons. The third kappa shape index (κ3) is 3.53. The van der Waals surface area contributed by atoms with Gasteiger partial charge in [-0.2, -0.15) is 0 Å². The third-order valence-electron chi connectivity index (χ3n) is 5.26. The Morgan fingerprint density at radius 3 is 2.08 bits per heavy atom. The van der Waals surface area contributed by atoms with E-state index in [1.165, 1.54) is 38.5 Å². The third-order valence-corrected chi connectivity index (χ3v) is 5.26. The van der Waals surface area contributed by atoms with Gasteiger partial charge in [-0.1, -0.05) is 51.4 Å². The highest BCUT2D eigenvalue weighted by molar-refractivity contribution is 6.16. The molecule has 1 saturated carbocycles. The molecule has 0 N–H and O–H groups in total. The Hall–Kier alpha value is -1.71. The van der Waals surface area contributed by atoms with Crippen molar-refractivity contribution >= 4 is 18.7 Å². The Bertz CT molecular complexity index is 691. The average molecular weight is 323 g/mol. The maximum atomic E-state index is 6.84. The Kier molecular flexibility index (Phi) is 5.32. The molecule has 0 amide bonds. The van der Waals surface area contributed by atoms with E-state index in [1.54, 1.807) is 14.2 Å². The fraction of sp³-hybridized carbons (Fsp3) is 0.550. The maximum absolute atomic E-state index is 6.84. The molecular weight excluding hydrogens is 297 g/mol. The minimum atomic E-state index is -0.265. The van der Waals surface area contributed by atoms with Gasteiger partial charge in [0.15, 0.2) is 11.5 Å². The molecule has 0 saturated heterocycles. The lowest BCUT2D eigenvalue weighted by molar-refractivity contribution is 0.356. The standard InChI is InChI=1S/C20H26BNO2/c1-23-18-12-15-11-16(14-22-17(15)13-19(18)24-2)20(21)9-7-5-3-4-6-8-10-20/h11-14H,3-10H2,1-2H3. The summed E-state index contributed by atoms with van der Waals surface area (Å²) in [6.07, 6.45) is 11.6. The lowest BCUT2D eigenvalue weighted by atomic mass is 9.59. The molecule has 1 aromatic heterocycles. The molecule has 24 heavy (non-hydrogen) atoms. The zero-order valence-electron chi connectivity index (χ0n) is 14.8. The highest BCUT2D eigenvalue weighted by atomic mass is 16.5. The SMILES string of the molecule is [B]C1(c2cnc3cc(OC)c(OC)cc3c2)CCCCCCCC1. The number of fused-ring (bicyclic) bond motifs is 1. The van der Waals surface area contributed by atoms with Crippen molar-refractivity contribution in [3.05, 3.63) is 30.0 Å². The summed E-state index contributed by atoms with van der Waals surface area (Å²) in [4.78, 5) is 4.65. The second kappa shape index (κ2) is 7.46. The molecule has 0 atom stereocenters. The minimum Gasteiger partial charge on any atom is -0.493 e. The lowest BCUT2D eigenvalue weighted by Crippen LogP contribution is -2.26. The second-order valence-corrected chi connectivity index (χ2v) is 6.90. The van der Waals surface area contributed by atoms with Gasteiger partial charge in [-0.05, 0) is 23.0 Å². The van der Waals surface area contributed by atoms with Gasteiger partial charge in [0.05, 0.1) is 27.6 Å². The van der Waals surface area contributed by atoms with Gasteiger partial charge in [0, 0.05) is 17.6 Å². The van der Waals surface area contributed by atoms with Crippen LogP contribution in [0.25, 0.3) is 10.9 Å². The van der Waals surface area contributed by atoms with Gasteiger partial charge in [0.2, 0.25) is 0 Å². The number of pyridine rings is 1. The van der Waals surface area contributed by atoms with E-state index in [-0.39, 0.29) is 5.31 Å². The summed E-state index contributed by atoms with van der Waals surface area (Å²) in [5.74, 6) is 1.43. The summed E-state index contributed by atoms with van der Waals surface area (Å²) in [6, 6.07) is 6.09. The first kappa shape index (κ1) is 17.1. The molecule has 2 radical (unpaired) electrons. The lowest BCUT2D eigenvalue weighted by Gasteiger charge is -2.30. The van der Waals surface area contributed by atoms with Gasteiger partial charge in [-0.15, -0.1) is 0 Å². The van der Waals surface area contributed by atoms with Gasteiger partial charge < -0.3 is 9.47 Å². The number of aromatic nitrogens is 1. The van der Waals surface area contributed by atoms with Gasteiger partial charge in [-0.25, -0.2) is 0 Å². The van der Waals surface area contributed by atoms with Crippen LogP contribution in [0.4, 0.5) is 0 Å². The van der Waals surface area contributed by atoms with E-state index < -0.39 is 0 Å². The van der Waals surface area contributed by atoms with Crippen LogP contribution in [-0.4, -0.2) is 27.0 Å². The Morgan fingerprint density at radius 1 is 0.875 bits per heavy atom. The molecular formula is C20H26BNO2. The Balaban J connectivity index is 1.98. The number of benzene rings is 1. The molecule has 0 unspecified atom stereocenters. The molecule has 0 bridgehead atoms. The molecule has 1 fully saturated rings. The van der Waals surface area contributed by atoms with E-state index >= 15 is 0 Å². The molecule has 0 aliphatic heterocycles. The molecule has 4 heteroatoms. The summed E-state index contributed by atoms with van der Waals surface area (Å²) in [6.45, 7) is 0. The zero-order valence-corrected chi connectivity index (χ0v) is 14.8. The fourth-order valence-corrected chi connectivity index (χ4v) is 3.73. The molecule has 3 nitrogen and oxygen atoms in total. The van der Waals surface area contributed by atoms with Gasteiger partial charge >= 0.3 is 0 Å². The first-order valence-corrected chi connectivity index (χ1v) is 8.97. The summed E-state index contributed by atoms with van der Waals surface area (Å²) < 4.78 is 10.8. The van der Waals surface area contributed by atoms with Crippen LogP contribution in [0, 0.1) is 0 Å². The highest BCUT2D eigenvalue weighted by Gasteiger charge is 2.26. The highest BCUT2D eigenvalue weighted by Crippen LogP contribution is 2.37. The first-order chi connectivity index (χ1) is 11.7. The quantitative estimate of drug-likeness (QED) is 0.764. The van der Waals surface area contributed by atoms with E-state index in [0.717, 1.165) is 35.1 Å². The summed E-state index contributed by atoms with van der Waals surface area (Å²) in [7, 11) is 10.1. The number of hydrogen-bond donors (Lipinski definition) is 0. The molecule has 1 aliphatic carbocycles. The van der Waals surface area contributed by atoms with E-state index in [4.69, 9.17) is 17.3 Å². The van der Waals surface area contributed by atoms with Crippen molar-refractivity contribution in [2.24, 2.45) is 0 Å². The van der Waals surface area contributed by atoms with Crippen LogP contribution in [-0.2, 0) is 5.31 Å². The second-order valence-electron chi connectivity index (χ2n) is 6.90. The summed E-state index contributed by atoms with van der Waals surface area (Å²) in [5, 5.41) is 0.786. The first-order valence-electron chi connectivity index (χ1n) is 8.97. The van der Waals surface area contributed by atoms with Crippen LogP contribution < -0.4 is 9.47 Å². The molecule has 1 aliphatic rings. The van der Waals surface area contributed by atoms with Crippen LogP contribution in [0.3, 0.4) is 0 Å². The number of methoxy groups -OCH3 is 2. The molecule has 3 rings (SSSR count). The monoisotopic (exact) mass is 323 g/mol. The molecule has 2 aromatic rings. The van der Waals surface area contributed by atoms with Crippen LogP contribution in [0.15, 0.2) is 24.4 Å². The van der Waals surface area contributed by atoms with Crippen molar-refractivity contribution in [3.8, 4) is 11.5 Å². The minimum absolute atomic E-state index is 0.265. The van der Waals surface area contributed by atoms with Crippen LogP contribution >= 0.6 is 0 Å². The number of hydrogen-bond acceptors (Lipinski definition) is 3. The molecule has 1 aromatic carbocycles. The zero-order chi connectivity index (χ0) is 17.0. The van der Waals surface area contributed by atoms with E-state index in [1.807, 2.05) is 18.3 Å². The Labute approximate surface area is 146 Å². The number of nitrogens with zero attached hydrogens (tertiary/aromatic N) is 1. The average Bonchev–Trinajstić information content (AvgIpc) is 2.72. The smallest absolute Gasteiger partial charge is 0.162 e. The van der Waals surface area contributed by atoms with E-state index in [0.29, 0.717) is 5.75 Å². The van der Waals surface area contributed by atoms with Crippen molar-refractivity contribution in [1.82, 2.24) is 4.98 Å². The number of ether oxygens (including phenoxy) is 2. The van der Waals surface area contributed by atoms with Crippen LogP contribution in [0.1, 0.15) is 56.9 Å². The summed E-state index contributed by atoms with van der Waals surface area (Å²) in [5.41, 5.74) is 2.05. The van der Waals surface area contributed by atoms with Crippen molar-refractivity contribution < 1.29 is 9.47 Å². The maximum Gasteiger partial charge on any atom is 0.162 e. The summed E-state index contributed by atoms with van der Waals surface area (Å²) >= 11 is 0. The van der Waals surface area contributed by atoms with Crippen molar-refractivity contribution in [2.45, 2.75) is 56.7 Å². The van der Waals surface area contributed by atoms with E-state index in [9.17, 15) is 0 Å². The van der Waals surface area contributed by atoms with Crippen LogP contribution in [0.5, 0.6) is 11.5 Å². The predicted octanol–water partition coefficient (Wildman–Crippen LogP) is 4.75. The van der Waals surface area contributed by atoms with Crippen molar-refractivity contribution in [3.63, 3.8) is 0 Å². The normalized spacial score (nSPS) is 18.4. The topological polar surface area (TPSA) is 31.4 Å². The van der Waals surface area contributed by atoms with E-state index in [2.05, 4.69) is 11.1 Å². The number of rotatable bonds is 3. The molecule has 1 heterocycles. The van der Waals surface area contributed by atoms with Gasteiger partial charge in [0.25, 0.3) is 0 Å². The Morgan fingerprint density at radius 2 is 1.46 bits per heavy atom. The predicted molar refractivity (Wildman–Crippen MR) is 99.2 cm³/mol. The van der Waals surface area contributed by atoms with Gasteiger partial charge in [0.1, 0.15) is 0 Å². The van der Waals surface area contributed by atoms with Gasteiger partial charge in [-0.3, -0.25) is 4.98 Å². The largest absolute Gasteiger partial charge is 0.493 e. The fourth-order valence-electron chi connectivity index (χ4n) is 3.73. The van der Waals surface area contributed by atoms with Crippen molar-refractivity contribution in [1.29, 1.82) is 0 Å². The van der Waals surface area contributed by atoms with Crippen molar-refractivity contribution in [2.75, 3.05) is 14.2 Å². The molecule has 0 spiro atoms. The van der Waals surface area contributed by atoms with Crippen LogP contribution in [0.2, 0.25) is 0 Å².